The van der Waals surface area contributed by atoms with E-state index in [0.717, 1.165) is 18.9 Å². The molecule has 2 rings (SSSR count). The highest BCUT2D eigenvalue weighted by Gasteiger charge is 2.16. The number of halogens is 1. The van der Waals surface area contributed by atoms with Gasteiger partial charge in [0.1, 0.15) is 17.1 Å². The topological polar surface area (TPSA) is 58.5 Å². The van der Waals surface area contributed by atoms with Crippen LogP contribution >= 0.6 is 11.6 Å². The lowest BCUT2D eigenvalue weighted by Crippen LogP contribution is -2.37. The highest BCUT2D eigenvalue weighted by molar-refractivity contribution is 6.29. The van der Waals surface area contributed by atoms with Gasteiger partial charge in [-0.3, -0.25) is 0 Å². The lowest BCUT2D eigenvalue weighted by atomic mass is 10.2. The fourth-order valence-electron chi connectivity index (χ4n) is 1.71. The third kappa shape index (κ3) is 3.06. The second-order valence-electron chi connectivity index (χ2n) is 3.93. The molecule has 0 aliphatic carbocycles. The summed E-state index contributed by atoms with van der Waals surface area (Å²) >= 11 is 5.95. The molecule has 17 heavy (non-hydrogen) atoms. The summed E-state index contributed by atoms with van der Waals surface area (Å²) < 4.78 is 5.28. The van der Waals surface area contributed by atoms with Crippen LogP contribution in [0.2, 0.25) is 5.15 Å². The van der Waals surface area contributed by atoms with E-state index in [1.54, 1.807) is 6.07 Å². The van der Waals surface area contributed by atoms with Gasteiger partial charge in [-0.15, -0.1) is 0 Å². The summed E-state index contributed by atoms with van der Waals surface area (Å²) in [6, 6.07) is 1.72. The molecule has 0 spiro atoms. The Bertz CT molecular complexity index is 383. The van der Waals surface area contributed by atoms with Gasteiger partial charge < -0.3 is 14.7 Å². The molecule has 1 fully saturated rings. The summed E-state index contributed by atoms with van der Waals surface area (Å²) in [6.45, 7) is 4.83. The molecule has 0 radical (unpaired) electrons. The van der Waals surface area contributed by atoms with Gasteiger partial charge in [0, 0.05) is 19.2 Å². The Morgan fingerprint density at radius 2 is 2.18 bits per heavy atom. The Balaban J connectivity index is 2.24. The minimum atomic E-state index is -0.659. The van der Waals surface area contributed by atoms with E-state index in [0.29, 0.717) is 30.6 Å². The number of hydrogen-bond donors (Lipinski definition) is 1. The lowest BCUT2D eigenvalue weighted by molar-refractivity contribution is 0.122. The number of rotatable bonds is 3. The predicted octanol–water partition coefficient (Wildman–Crippen LogP) is 1.41. The van der Waals surface area contributed by atoms with Crippen LogP contribution in [0.4, 0.5) is 5.82 Å². The van der Waals surface area contributed by atoms with Crippen molar-refractivity contribution in [1.82, 2.24) is 9.97 Å². The second kappa shape index (κ2) is 5.62. The van der Waals surface area contributed by atoms with E-state index in [4.69, 9.17) is 16.3 Å². The summed E-state index contributed by atoms with van der Waals surface area (Å²) in [4.78, 5) is 10.5. The molecule has 1 aromatic heterocycles. The standard InChI is InChI=1S/C11H16ClN3O2/c1-2-8(16)11-13-9(12)7-10(14-11)15-3-5-17-6-4-15/h7-8,16H,2-6H2,1H3. The van der Waals surface area contributed by atoms with Gasteiger partial charge in [0.25, 0.3) is 0 Å². The van der Waals surface area contributed by atoms with Crippen molar-refractivity contribution in [2.24, 2.45) is 0 Å². The van der Waals surface area contributed by atoms with Crippen LogP contribution in [-0.2, 0) is 4.74 Å². The van der Waals surface area contributed by atoms with Crippen molar-refractivity contribution in [1.29, 1.82) is 0 Å². The molecule has 1 N–H and O–H groups in total. The van der Waals surface area contributed by atoms with E-state index in [1.807, 2.05) is 6.92 Å². The average Bonchev–Trinajstić information content (AvgIpc) is 2.38. The minimum absolute atomic E-state index is 0.365. The van der Waals surface area contributed by atoms with Crippen LogP contribution in [-0.4, -0.2) is 41.4 Å². The quantitative estimate of drug-likeness (QED) is 0.830. The monoisotopic (exact) mass is 257 g/mol. The fraction of sp³-hybridized carbons (Fsp3) is 0.636. The molecule has 1 atom stereocenters. The molecule has 1 aliphatic rings. The van der Waals surface area contributed by atoms with Crippen molar-refractivity contribution in [3.63, 3.8) is 0 Å². The predicted molar refractivity (Wildman–Crippen MR) is 65.3 cm³/mol. The number of hydrogen-bond acceptors (Lipinski definition) is 5. The van der Waals surface area contributed by atoms with Crippen molar-refractivity contribution < 1.29 is 9.84 Å². The third-order valence-electron chi connectivity index (χ3n) is 2.72. The Labute approximate surface area is 105 Å². The first kappa shape index (κ1) is 12.5. The summed E-state index contributed by atoms with van der Waals surface area (Å²) in [5.74, 6) is 1.15. The molecule has 5 nitrogen and oxygen atoms in total. The van der Waals surface area contributed by atoms with Crippen LogP contribution in [0.1, 0.15) is 25.3 Å². The van der Waals surface area contributed by atoms with Gasteiger partial charge in [0.05, 0.1) is 13.2 Å². The summed E-state index contributed by atoms with van der Waals surface area (Å²) in [7, 11) is 0. The Morgan fingerprint density at radius 3 is 2.82 bits per heavy atom. The zero-order chi connectivity index (χ0) is 12.3. The van der Waals surface area contributed by atoms with E-state index < -0.39 is 6.10 Å². The molecule has 1 aromatic rings. The largest absolute Gasteiger partial charge is 0.385 e. The molecule has 6 heteroatoms. The van der Waals surface area contributed by atoms with Gasteiger partial charge in [0.15, 0.2) is 5.82 Å². The third-order valence-corrected chi connectivity index (χ3v) is 2.91. The number of anilines is 1. The molecule has 1 unspecified atom stereocenters. The van der Waals surface area contributed by atoms with Crippen LogP contribution in [0.5, 0.6) is 0 Å². The van der Waals surface area contributed by atoms with Gasteiger partial charge in [-0.05, 0) is 6.42 Å². The number of ether oxygens (including phenoxy) is 1. The molecular weight excluding hydrogens is 242 g/mol. The molecule has 94 valence electrons. The van der Waals surface area contributed by atoms with Gasteiger partial charge in [-0.25, -0.2) is 9.97 Å². The van der Waals surface area contributed by atoms with Gasteiger partial charge in [-0.2, -0.15) is 0 Å². The molecule has 0 bridgehead atoms. The number of aromatic nitrogens is 2. The van der Waals surface area contributed by atoms with E-state index >= 15 is 0 Å². The summed E-state index contributed by atoms with van der Waals surface area (Å²) in [6.07, 6.45) is -0.0865. The smallest absolute Gasteiger partial charge is 0.160 e. The normalized spacial score (nSPS) is 18.2. The minimum Gasteiger partial charge on any atom is -0.385 e. The van der Waals surface area contributed by atoms with Gasteiger partial charge >= 0.3 is 0 Å². The Kier molecular flexibility index (Phi) is 4.15. The van der Waals surface area contributed by atoms with Crippen molar-refractivity contribution in [2.75, 3.05) is 31.2 Å². The maximum absolute atomic E-state index is 9.75. The van der Waals surface area contributed by atoms with Crippen molar-refractivity contribution in [3.05, 3.63) is 17.0 Å². The maximum Gasteiger partial charge on any atom is 0.160 e. The number of aliphatic hydroxyl groups is 1. The van der Waals surface area contributed by atoms with Gasteiger partial charge in [-0.1, -0.05) is 18.5 Å². The molecule has 1 aliphatic heterocycles. The van der Waals surface area contributed by atoms with E-state index in [-0.39, 0.29) is 0 Å². The van der Waals surface area contributed by atoms with E-state index in [1.165, 1.54) is 0 Å². The first-order valence-corrected chi connectivity index (χ1v) is 6.13. The zero-order valence-electron chi connectivity index (χ0n) is 9.77. The number of morpholine rings is 1. The number of aliphatic hydroxyl groups excluding tert-OH is 1. The fourth-order valence-corrected chi connectivity index (χ4v) is 1.89. The highest BCUT2D eigenvalue weighted by Crippen LogP contribution is 2.21. The van der Waals surface area contributed by atoms with Crippen LogP contribution in [0, 0.1) is 0 Å². The Morgan fingerprint density at radius 1 is 1.47 bits per heavy atom. The van der Waals surface area contributed by atoms with E-state index in [2.05, 4.69) is 14.9 Å². The van der Waals surface area contributed by atoms with Crippen molar-refractivity contribution in [3.8, 4) is 0 Å². The molecular formula is C11H16ClN3O2. The van der Waals surface area contributed by atoms with E-state index in [9.17, 15) is 5.11 Å². The average molecular weight is 258 g/mol. The summed E-state index contributed by atoms with van der Waals surface area (Å²) in [5.41, 5.74) is 0. The molecule has 2 heterocycles. The van der Waals surface area contributed by atoms with Crippen LogP contribution < -0.4 is 4.90 Å². The Hall–Kier alpha value is -0.910. The SMILES string of the molecule is CCC(O)c1nc(Cl)cc(N2CCOCC2)n1. The van der Waals surface area contributed by atoms with Crippen molar-refractivity contribution >= 4 is 17.4 Å². The first-order valence-electron chi connectivity index (χ1n) is 5.76. The number of nitrogens with zero attached hydrogens (tertiary/aromatic N) is 3. The highest BCUT2D eigenvalue weighted by atomic mass is 35.5. The van der Waals surface area contributed by atoms with Crippen LogP contribution in [0.3, 0.4) is 0 Å². The molecule has 0 aromatic carbocycles. The molecule has 1 saturated heterocycles. The van der Waals surface area contributed by atoms with Gasteiger partial charge in [0.2, 0.25) is 0 Å². The zero-order valence-corrected chi connectivity index (χ0v) is 10.5. The lowest BCUT2D eigenvalue weighted by Gasteiger charge is -2.28. The van der Waals surface area contributed by atoms with Crippen LogP contribution in [0.25, 0.3) is 0 Å². The molecule has 0 amide bonds. The summed E-state index contributed by atoms with van der Waals surface area (Å²) in [5, 5.41) is 10.1. The maximum atomic E-state index is 9.75. The second-order valence-corrected chi connectivity index (χ2v) is 4.32. The molecule has 0 saturated carbocycles. The first-order chi connectivity index (χ1) is 8.20. The van der Waals surface area contributed by atoms with Crippen molar-refractivity contribution in [2.45, 2.75) is 19.4 Å². The van der Waals surface area contributed by atoms with Crippen LogP contribution in [0.15, 0.2) is 6.07 Å².